The van der Waals surface area contributed by atoms with Gasteiger partial charge in [0.2, 0.25) is 5.95 Å². The highest BCUT2D eigenvalue weighted by Gasteiger charge is 2.22. The maximum absolute atomic E-state index is 5.50. The van der Waals surface area contributed by atoms with E-state index in [0.717, 1.165) is 31.7 Å². The summed E-state index contributed by atoms with van der Waals surface area (Å²) in [5.41, 5.74) is 2.25. The molecule has 1 aromatic carbocycles. The van der Waals surface area contributed by atoms with E-state index in [9.17, 15) is 0 Å². The number of aryl methyl sites for hydroxylation is 1. The Morgan fingerprint density at radius 2 is 2.14 bits per heavy atom. The van der Waals surface area contributed by atoms with Crippen LogP contribution in [0.25, 0.3) is 0 Å². The second-order valence-corrected chi connectivity index (χ2v) is 5.59. The molecule has 1 saturated heterocycles. The third-order valence-corrected chi connectivity index (χ3v) is 3.89. The average Bonchev–Trinajstić information content (AvgIpc) is 3.01. The van der Waals surface area contributed by atoms with Crippen molar-refractivity contribution < 1.29 is 4.74 Å². The van der Waals surface area contributed by atoms with Crippen molar-refractivity contribution in [2.45, 2.75) is 25.8 Å². The maximum atomic E-state index is 5.50. The van der Waals surface area contributed by atoms with Crippen LogP contribution < -0.4 is 5.32 Å². The average molecular weight is 283 g/mol. The summed E-state index contributed by atoms with van der Waals surface area (Å²) in [7, 11) is 0. The molecule has 21 heavy (non-hydrogen) atoms. The Balaban J connectivity index is 1.78. The van der Waals surface area contributed by atoms with Crippen LogP contribution in [0.2, 0.25) is 0 Å². The fourth-order valence-corrected chi connectivity index (χ4v) is 2.74. The van der Waals surface area contributed by atoms with Gasteiger partial charge in [-0.05, 0) is 37.3 Å². The molecule has 2 unspecified atom stereocenters. The zero-order valence-electron chi connectivity index (χ0n) is 12.3. The molecule has 1 fully saturated rings. The Hall–Kier alpha value is -1.94. The molecule has 0 aliphatic carbocycles. The lowest BCUT2D eigenvalue weighted by atomic mass is 9.94. The van der Waals surface area contributed by atoms with Crippen LogP contribution >= 0.6 is 0 Å². The molecule has 2 heterocycles. The quantitative estimate of drug-likeness (QED) is 0.914. The van der Waals surface area contributed by atoms with Crippen molar-refractivity contribution in [3.63, 3.8) is 0 Å². The second kappa shape index (κ2) is 6.68. The fraction of sp³-hybridized carbons (Fsp3) is 0.412. The topological polar surface area (TPSA) is 47.0 Å². The summed E-state index contributed by atoms with van der Waals surface area (Å²) in [6.45, 7) is 3.72. The third kappa shape index (κ3) is 3.79. The van der Waals surface area contributed by atoms with Crippen molar-refractivity contribution in [2.75, 3.05) is 18.5 Å². The third-order valence-electron chi connectivity index (χ3n) is 3.89. The van der Waals surface area contributed by atoms with Gasteiger partial charge in [0.15, 0.2) is 0 Å². The normalized spacial score (nSPS) is 19.4. The van der Waals surface area contributed by atoms with E-state index in [1.807, 2.05) is 19.1 Å². The number of hydrogen-bond acceptors (Lipinski definition) is 4. The molecular weight excluding hydrogens is 262 g/mol. The van der Waals surface area contributed by atoms with Crippen LogP contribution in [0, 0.1) is 12.8 Å². The summed E-state index contributed by atoms with van der Waals surface area (Å²) in [4.78, 5) is 8.79. The number of aromatic nitrogens is 2. The second-order valence-electron chi connectivity index (χ2n) is 5.59. The first kappa shape index (κ1) is 14.0. The van der Waals surface area contributed by atoms with Crippen LogP contribution in [0.5, 0.6) is 0 Å². The van der Waals surface area contributed by atoms with Gasteiger partial charge < -0.3 is 10.1 Å². The number of rotatable bonds is 5. The predicted molar refractivity (Wildman–Crippen MR) is 83.1 cm³/mol. The summed E-state index contributed by atoms with van der Waals surface area (Å²) >= 11 is 0. The molecule has 1 aromatic heterocycles. The minimum absolute atomic E-state index is 0.222. The smallest absolute Gasteiger partial charge is 0.223 e. The number of anilines is 1. The molecule has 0 amide bonds. The van der Waals surface area contributed by atoms with E-state index in [-0.39, 0.29) is 6.04 Å². The van der Waals surface area contributed by atoms with Crippen molar-refractivity contribution in [1.29, 1.82) is 0 Å². The van der Waals surface area contributed by atoms with Crippen molar-refractivity contribution >= 4 is 5.95 Å². The SMILES string of the molecule is Cc1ccnc(NC(CC2CCOC2)c2ccccc2)n1. The fourth-order valence-electron chi connectivity index (χ4n) is 2.74. The molecule has 0 saturated carbocycles. The first-order valence-electron chi connectivity index (χ1n) is 7.50. The Bertz CT molecular complexity index is 567. The minimum atomic E-state index is 0.222. The number of ether oxygens (including phenoxy) is 1. The number of nitrogens with zero attached hydrogens (tertiary/aromatic N) is 2. The van der Waals surface area contributed by atoms with Crippen LogP contribution in [0.1, 0.15) is 30.1 Å². The van der Waals surface area contributed by atoms with Crippen LogP contribution in [0.3, 0.4) is 0 Å². The standard InChI is InChI=1S/C17H21N3O/c1-13-7-9-18-17(19-13)20-16(11-14-8-10-21-12-14)15-5-3-2-4-6-15/h2-7,9,14,16H,8,10-12H2,1H3,(H,18,19,20). The van der Waals surface area contributed by atoms with Gasteiger partial charge in [0.05, 0.1) is 6.04 Å². The molecular formula is C17H21N3O. The highest BCUT2D eigenvalue weighted by Crippen LogP contribution is 2.28. The highest BCUT2D eigenvalue weighted by atomic mass is 16.5. The molecule has 1 aliphatic heterocycles. The zero-order valence-corrected chi connectivity index (χ0v) is 12.3. The van der Waals surface area contributed by atoms with Gasteiger partial charge in [0, 0.05) is 25.1 Å². The summed E-state index contributed by atoms with van der Waals surface area (Å²) in [6.07, 6.45) is 3.98. The van der Waals surface area contributed by atoms with Gasteiger partial charge >= 0.3 is 0 Å². The van der Waals surface area contributed by atoms with E-state index in [1.165, 1.54) is 5.56 Å². The predicted octanol–water partition coefficient (Wildman–Crippen LogP) is 3.36. The van der Waals surface area contributed by atoms with Gasteiger partial charge in [-0.25, -0.2) is 9.97 Å². The van der Waals surface area contributed by atoms with Crippen LogP contribution in [0.15, 0.2) is 42.6 Å². The lowest BCUT2D eigenvalue weighted by molar-refractivity contribution is 0.183. The van der Waals surface area contributed by atoms with Crippen LogP contribution in [0.4, 0.5) is 5.95 Å². The lowest BCUT2D eigenvalue weighted by Gasteiger charge is -2.22. The van der Waals surface area contributed by atoms with Gasteiger partial charge in [-0.15, -0.1) is 0 Å². The van der Waals surface area contributed by atoms with Gasteiger partial charge in [-0.3, -0.25) is 0 Å². The maximum Gasteiger partial charge on any atom is 0.223 e. The number of hydrogen-bond donors (Lipinski definition) is 1. The Morgan fingerprint density at radius 1 is 1.29 bits per heavy atom. The van der Waals surface area contributed by atoms with Gasteiger partial charge in [-0.1, -0.05) is 30.3 Å². The van der Waals surface area contributed by atoms with Crippen molar-refractivity contribution in [3.05, 3.63) is 53.9 Å². The summed E-state index contributed by atoms with van der Waals surface area (Å²) in [5, 5.41) is 3.49. The molecule has 1 N–H and O–H groups in total. The van der Waals surface area contributed by atoms with Crippen LogP contribution in [-0.4, -0.2) is 23.2 Å². The first-order valence-corrected chi connectivity index (χ1v) is 7.50. The van der Waals surface area contributed by atoms with E-state index < -0.39 is 0 Å². The molecule has 3 rings (SSSR count). The Labute approximate surface area is 125 Å². The largest absolute Gasteiger partial charge is 0.381 e. The van der Waals surface area contributed by atoms with Gasteiger partial charge in [0.25, 0.3) is 0 Å². The summed E-state index contributed by atoms with van der Waals surface area (Å²) < 4.78 is 5.50. The lowest BCUT2D eigenvalue weighted by Crippen LogP contribution is -2.17. The molecule has 110 valence electrons. The van der Waals surface area contributed by atoms with Crippen molar-refractivity contribution in [2.24, 2.45) is 5.92 Å². The molecule has 0 radical (unpaired) electrons. The first-order chi connectivity index (χ1) is 10.3. The molecule has 2 atom stereocenters. The van der Waals surface area contributed by atoms with Crippen LogP contribution in [-0.2, 0) is 4.74 Å². The Kier molecular flexibility index (Phi) is 4.46. The van der Waals surface area contributed by atoms with E-state index in [1.54, 1.807) is 6.20 Å². The van der Waals surface area contributed by atoms with Gasteiger partial charge in [0.1, 0.15) is 0 Å². The molecule has 4 nitrogen and oxygen atoms in total. The monoisotopic (exact) mass is 283 g/mol. The zero-order chi connectivity index (χ0) is 14.5. The van der Waals surface area contributed by atoms with Gasteiger partial charge in [-0.2, -0.15) is 0 Å². The molecule has 1 aliphatic rings. The number of nitrogens with one attached hydrogen (secondary N) is 1. The van der Waals surface area contributed by atoms with E-state index in [0.29, 0.717) is 11.9 Å². The molecule has 2 aromatic rings. The highest BCUT2D eigenvalue weighted by molar-refractivity contribution is 5.32. The summed E-state index contributed by atoms with van der Waals surface area (Å²) in [5.74, 6) is 1.30. The van der Waals surface area contributed by atoms with Crippen molar-refractivity contribution in [3.8, 4) is 0 Å². The van der Waals surface area contributed by atoms with E-state index >= 15 is 0 Å². The van der Waals surface area contributed by atoms with E-state index in [4.69, 9.17) is 4.74 Å². The minimum Gasteiger partial charge on any atom is -0.381 e. The molecule has 4 heteroatoms. The molecule has 0 bridgehead atoms. The van der Waals surface area contributed by atoms with Crippen molar-refractivity contribution in [1.82, 2.24) is 9.97 Å². The number of benzene rings is 1. The van der Waals surface area contributed by atoms with E-state index in [2.05, 4.69) is 39.6 Å². The summed E-state index contributed by atoms with van der Waals surface area (Å²) in [6, 6.07) is 12.6. The Morgan fingerprint density at radius 3 is 2.86 bits per heavy atom. The molecule has 0 spiro atoms.